The van der Waals surface area contributed by atoms with Gasteiger partial charge in [-0.1, -0.05) is 0 Å². The summed E-state index contributed by atoms with van der Waals surface area (Å²) >= 11 is 0. The van der Waals surface area contributed by atoms with E-state index in [1.54, 1.807) is 13.0 Å². The molecule has 0 radical (unpaired) electrons. The molecule has 4 heterocycles. The van der Waals surface area contributed by atoms with Gasteiger partial charge in [0.05, 0.1) is 6.10 Å². The van der Waals surface area contributed by atoms with Gasteiger partial charge in [-0.2, -0.15) is 0 Å². The largest absolute Gasteiger partial charge is 0.507 e. The molecule has 0 unspecified atom stereocenters. The second-order valence-electron chi connectivity index (χ2n) is 8.91. The molecule has 1 aromatic carbocycles. The molecule has 3 aliphatic heterocycles. The Morgan fingerprint density at radius 1 is 1.21 bits per heavy atom. The second kappa shape index (κ2) is 5.75. The lowest BCUT2D eigenvalue weighted by molar-refractivity contribution is -0.173. The van der Waals surface area contributed by atoms with E-state index in [2.05, 4.69) is 0 Å². The molecule has 2 saturated heterocycles. The number of fused-ring (bicyclic) bond motifs is 4. The summed E-state index contributed by atoms with van der Waals surface area (Å²) in [6, 6.07) is 3.01. The summed E-state index contributed by atoms with van der Waals surface area (Å²) < 4.78 is 23.4. The molecule has 0 bridgehead atoms. The molecule has 0 amide bonds. The number of benzene rings is 1. The molecule has 7 heteroatoms. The van der Waals surface area contributed by atoms with Crippen LogP contribution in [0.5, 0.6) is 11.5 Å². The van der Waals surface area contributed by atoms with Gasteiger partial charge in [-0.3, -0.25) is 4.79 Å². The number of carbonyl (C=O) groups is 1. The van der Waals surface area contributed by atoms with Crippen LogP contribution in [-0.2, 0) is 14.3 Å². The highest BCUT2D eigenvalue weighted by atomic mass is 16.7. The summed E-state index contributed by atoms with van der Waals surface area (Å²) in [7, 11) is 0. The van der Waals surface area contributed by atoms with Gasteiger partial charge in [0.25, 0.3) is 0 Å². The first-order chi connectivity index (χ1) is 13.6. The Hall–Kier alpha value is -2.54. The first kappa shape index (κ1) is 18.5. The summed E-state index contributed by atoms with van der Waals surface area (Å²) in [5.41, 5.74) is -1.21. The zero-order valence-electron chi connectivity index (χ0n) is 16.9. The number of epoxide rings is 1. The van der Waals surface area contributed by atoms with E-state index < -0.39 is 17.3 Å². The summed E-state index contributed by atoms with van der Waals surface area (Å²) in [5.74, 6) is 0.0829. The first-order valence-corrected chi connectivity index (χ1v) is 10.0. The molecule has 4 atom stereocenters. The Bertz CT molecular complexity index is 1100. The minimum absolute atomic E-state index is 0.125. The van der Waals surface area contributed by atoms with E-state index in [1.165, 1.54) is 6.07 Å². The van der Waals surface area contributed by atoms with Crippen molar-refractivity contribution in [1.82, 2.24) is 0 Å². The number of esters is 1. The number of carbonyl (C=O) groups excluding carboxylic acids is 1. The number of rotatable bonds is 0. The van der Waals surface area contributed by atoms with Crippen molar-refractivity contribution in [3.63, 3.8) is 0 Å². The van der Waals surface area contributed by atoms with Crippen molar-refractivity contribution in [2.75, 3.05) is 0 Å². The topological polar surface area (TPSA) is 98.5 Å². The first-order valence-electron chi connectivity index (χ1n) is 10.0. The summed E-state index contributed by atoms with van der Waals surface area (Å²) in [6.07, 6.45) is 1.21. The van der Waals surface area contributed by atoms with Crippen LogP contribution in [0.25, 0.3) is 11.0 Å². The molecule has 0 aliphatic carbocycles. The Kier molecular flexibility index (Phi) is 3.67. The Balaban J connectivity index is 1.67. The molecule has 5 rings (SSSR count). The number of phenolic OH excluding ortho intramolecular Hbond substituents is 1. The quantitative estimate of drug-likeness (QED) is 0.535. The lowest BCUT2D eigenvalue weighted by Gasteiger charge is -2.45. The highest BCUT2D eigenvalue weighted by Crippen LogP contribution is 2.53. The highest BCUT2D eigenvalue weighted by molar-refractivity contribution is 5.88. The average molecular weight is 400 g/mol. The number of aromatic hydroxyl groups is 1. The van der Waals surface area contributed by atoms with Crippen LogP contribution in [0.3, 0.4) is 0 Å². The molecule has 7 nitrogen and oxygen atoms in total. The molecule has 2 fully saturated rings. The van der Waals surface area contributed by atoms with Crippen molar-refractivity contribution < 1.29 is 28.5 Å². The van der Waals surface area contributed by atoms with E-state index in [9.17, 15) is 14.7 Å². The van der Waals surface area contributed by atoms with Gasteiger partial charge in [0.15, 0.2) is 11.0 Å². The lowest BCUT2D eigenvalue weighted by atomic mass is 9.76. The van der Waals surface area contributed by atoms with Gasteiger partial charge in [0.2, 0.25) is 0 Å². The summed E-state index contributed by atoms with van der Waals surface area (Å²) in [4.78, 5) is 25.4. The van der Waals surface area contributed by atoms with Crippen molar-refractivity contribution in [3.8, 4) is 11.5 Å². The normalized spacial score (nSPS) is 32.6. The molecule has 1 aromatic heterocycles. The minimum Gasteiger partial charge on any atom is -0.507 e. The van der Waals surface area contributed by atoms with Crippen molar-refractivity contribution in [1.29, 1.82) is 0 Å². The SMILES string of the molecule is Cc1cc(=O)c2c(O)c3c(cc2o1)OC(C)(C)[C@@H]1OC(=O)[C@]2(CCC[C@@H]31)O[C@@H]2C. The van der Waals surface area contributed by atoms with Crippen LogP contribution >= 0.6 is 0 Å². The van der Waals surface area contributed by atoms with Gasteiger partial charge in [-0.25, -0.2) is 4.79 Å². The number of ether oxygens (including phenoxy) is 3. The predicted molar refractivity (Wildman–Crippen MR) is 103 cm³/mol. The van der Waals surface area contributed by atoms with E-state index in [0.29, 0.717) is 29.9 Å². The zero-order valence-corrected chi connectivity index (χ0v) is 16.9. The van der Waals surface area contributed by atoms with Crippen LogP contribution in [0.1, 0.15) is 57.3 Å². The maximum absolute atomic E-state index is 12.9. The smallest absolute Gasteiger partial charge is 0.341 e. The van der Waals surface area contributed by atoms with Crippen molar-refractivity contribution in [3.05, 3.63) is 33.7 Å². The zero-order chi connectivity index (χ0) is 20.7. The molecule has 154 valence electrons. The molecular formula is C22H24O7. The van der Waals surface area contributed by atoms with Crippen LogP contribution in [0.4, 0.5) is 0 Å². The maximum atomic E-state index is 12.9. The Morgan fingerprint density at radius 2 is 1.93 bits per heavy atom. The van der Waals surface area contributed by atoms with Crippen molar-refractivity contribution in [2.24, 2.45) is 0 Å². The van der Waals surface area contributed by atoms with E-state index >= 15 is 0 Å². The fourth-order valence-electron chi connectivity index (χ4n) is 5.01. The summed E-state index contributed by atoms with van der Waals surface area (Å²) in [5, 5.41) is 11.2. The third-order valence-corrected chi connectivity index (χ3v) is 6.54. The molecule has 29 heavy (non-hydrogen) atoms. The minimum atomic E-state index is -0.856. The third kappa shape index (κ3) is 2.53. The van der Waals surface area contributed by atoms with Gasteiger partial charge in [-0.15, -0.1) is 0 Å². The highest BCUT2D eigenvalue weighted by Gasteiger charge is 2.63. The average Bonchev–Trinajstić information content (AvgIpc) is 3.26. The molecular weight excluding hydrogens is 376 g/mol. The second-order valence-corrected chi connectivity index (χ2v) is 8.91. The standard InChI is InChI=1S/C22H24O7/c1-10-8-13(23)17-14(26-10)9-15-16(18(17)24)12-6-5-7-22(11(2)28-22)20(25)27-19(12)21(3,4)29-15/h8-9,11-12,19,24H,5-7H2,1-4H3/t11-,12+,19-,22-/m1/s1. The molecule has 3 aliphatic rings. The molecule has 1 spiro atoms. The van der Waals surface area contributed by atoms with Gasteiger partial charge in [0, 0.05) is 23.6 Å². The third-order valence-electron chi connectivity index (χ3n) is 6.54. The monoisotopic (exact) mass is 400 g/mol. The van der Waals surface area contributed by atoms with E-state index in [4.69, 9.17) is 18.6 Å². The number of aryl methyl sites for hydroxylation is 1. The van der Waals surface area contributed by atoms with E-state index in [0.717, 1.165) is 6.42 Å². The van der Waals surface area contributed by atoms with Gasteiger partial charge < -0.3 is 23.7 Å². The summed E-state index contributed by atoms with van der Waals surface area (Å²) in [6.45, 7) is 7.28. The van der Waals surface area contributed by atoms with Crippen LogP contribution in [0, 0.1) is 6.92 Å². The number of hydrogen-bond acceptors (Lipinski definition) is 7. The van der Waals surface area contributed by atoms with Crippen molar-refractivity contribution in [2.45, 2.75) is 76.3 Å². The lowest BCUT2D eigenvalue weighted by Crippen LogP contribution is -2.53. The maximum Gasteiger partial charge on any atom is 0.341 e. The number of phenols is 1. The predicted octanol–water partition coefficient (Wildman–Crippen LogP) is 3.31. The molecule has 0 saturated carbocycles. The van der Waals surface area contributed by atoms with Crippen LogP contribution in [-0.4, -0.2) is 34.5 Å². The number of hydrogen-bond donors (Lipinski definition) is 1. The van der Waals surface area contributed by atoms with Gasteiger partial charge >= 0.3 is 5.97 Å². The van der Waals surface area contributed by atoms with Crippen molar-refractivity contribution >= 4 is 16.9 Å². The fourth-order valence-corrected chi connectivity index (χ4v) is 5.01. The van der Waals surface area contributed by atoms with Gasteiger partial charge in [-0.05, 0) is 47.0 Å². The van der Waals surface area contributed by atoms with Crippen LogP contribution in [0.15, 0.2) is 21.3 Å². The van der Waals surface area contributed by atoms with E-state index in [-0.39, 0.29) is 40.1 Å². The van der Waals surface area contributed by atoms with Crippen LogP contribution in [0.2, 0.25) is 0 Å². The van der Waals surface area contributed by atoms with E-state index in [1.807, 2.05) is 20.8 Å². The Labute approximate surface area is 167 Å². The van der Waals surface area contributed by atoms with Crippen LogP contribution < -0.4 is 10.2 Å². The molecule has 2 aromatic rings. The fraction of sp³-hybridized carbons (Fsp3) is 0.545. The van der Waals surface area contributed by atoms with Gasteiger partial charge in [0.1, 0.15) is 39.9 Å². The molecule has 1 N–H and O–H groups in total. The Morgan fingerprint density at radius 3 is 2.62 bits per heavy atom.